The molecule has 0 heterocycles. The third-order valence-corrected chi connectivity index (χ3v) is 4.20. The van der Waals surface area contributed by atoms with Crippen LogP contribution in [0.1, 0.15) is 70.9 Å². The first-order valence-corrected chi connectivity index (χ1v) is 9.73. The van der Waals surface area contributed by atoms with E-state index >= 15 is 0 Å². The van der Waals surface area contributed by atoms with E-state index in [0.29, 0.717) is 13.0 Å². The van der Waals surface area contributed by atoms with Gasteiger partial charge in [0.15, 0.2) is 6.10 Å². The smallest absolute Gasteiger partial charge is 0.306 e. The zero-order valence-electron chi connectivity index (χ0n) is 16.6. The maximum atomic E-state index is 12.4. The van der Waals surface area contributed by atoms with Gasteiger partial charge in [0.2, 0.25) is 5.91 Å². The highest BCUT2D eigenvalue weighted by molar-refractivity contribution is 5.83. The molecule has 0 aromatic heterocycles. The van der Waals surface area contributed by atoms with Crippen molar-refractivity contribution in [2.75, 3.05) is 6.54 Å². The fourth-order valence-electron chi connectivity index (χ4n) is 2.73. The van der Waals surface area contributed by atoms with E-state index in [1.807, 2.05) is 30.3 Å². The van der Waals surface area contributed by atoms with Crippen LogP contribution in [0, 0.1) is 0 Å². The van der Waals surface area contributed by atoms with Crippen LogP contribution in [-0.4, -0.2) is 30.4 Å². The molecule has 0 saturated heterocycles. The van der Waals surface area contributed by atoms with Gasteiger partial charge in [0.1, 0.15) is 0 Å². The van der Waals surface area contributed by atoms with Gasteiger partial charge in [-0.3, -0.25) is 14.4 Å². The number of carbonyl (C=O) groups is 3. The molecule has 6 nitrogen and oxygen atoms in total. The van der Waals surface area contributed by atoms with Crippen molar-refractivity contribution in [3.05, 3.63) is 35.9 Å². The van der Waals surface area contributed by atoms with Crippen LogP contribution in [0.25, 0.3) is 0 Å². The van der Waals surface area contributed by atoms with Gasteiger partial charge in [-0.25, -0.2) is 0 Å². The number of hydrogen-bond donors (Lipinski definition) is 2. The molecular weight excluding hydrogens is 344 g/mol. The fraction of sp³-hybridized carbons (Fsp3) is 0.571. The highest BCUT2D eigenvalue weighted by Crippen LogP contribution is 2.18. The van der Waals surface area contributed by atoms with Crippen LogP contribution in [0.5, 0.6) is 0 Å². The lowest BCUT2D eigenvalue weighted by atomic mass is 10.0. The summed E-state index contributed by atoms with van der Waals surface area (Å²) in [5.74, 6) is -0.702. The average Bonchev–Trinajstić information content (AvgIpc) is 2.64. The van der Waals surface area contributed by atoms with Crippen molar-refractivity contribution in [2.45, 2.75) is 71.4 Å². The molecule has 1 aromatic rings. The number of hydrogen-bond acceptors (Lipinski definition) is 4. The largest absolute Gasteiger partial charge is 0.453 e. The maximum absolute atomic E-state index is 12.4. The lowest BCUT2D eigenvalue weighted by molar-refractivity contribution is -0.155. The minimum atomic E-state index is -0.819. The molecule has 0 radical (unpaired) electrons. The summed E-state index contributed by atoms with van der Waals surface area (Å²) in [7, 11) is 0. The standard InChI is InChI=1S/C21H32N2O4/c1-4-11-19(18-12-7-5-8-13-18)23-21(26)16(2)27-20(25)14-9-6-10-15-22-17(3)24/h5,7-8,12-13,16,19H,4,6,9-11,14-15H2,1-3H3,(H,22,24)(H,23,26). The third-order valence-electron chi connectivity index (χ3n) is 4.20. The van der Waals surface area contributed by atoms with Crippen LogP contribution < -0.4 is 10.6 Å². The topological polar surface area (TPSA) is 84.5 Å². The van der Waals surface area contributed by atoms with E-state index in [1.165, 1.54) is 6.92 Å². The molecule has 0 fully saturated rings. The van der Waals surface area contributed by atoms with Crippen molar-refractivity contribution < 1.29 is 19.1 Å². The molecular formula is C21H32N2O4. The molecule has 2 atom stereocenters. The highest BCUT2D eigenvalue weighted by atomic mass is 16.5. The second-order valence-electron chi connectivity index (χ2n) is 6.69. The Morgan fingerprint density at radius 1 is 1.07 bits per heavy atom. The normalized spacial score (nSPS) is 12.7. The van der Waals surface area contributed by atoms with E-state index in [2.05, 4.69) is 17.6 Å². The minimum absolute atomic E-state index is 0.0499. The lowest BCUT2D eigenvalue weighted by Gasteiger charge is -2.21. The van der Waals surface area contributed by atoms with Gasteiger partial charge < -0.3 is 15.4 Å². The Morgan fingerprint density at radius 3 is 2.41 bits per heavy atom. The molecule has 6 heteroatoms. The molecule has 1 rings (SSSR count). The molecule has 0 bridgehead atoms. The summed E-state index contributed by atoms with van der Waals surface area (Å²) in [5.41, 5.74) is 1.05. The van der Waals surface area contributed by atoms with Crippen LogP contribution in [-0.2, 0) is 19.1 Å². The van der Waals surface area contributed by atoms with Crippen LogP contribution in [0.3, 0.4) is 0 Å². The molecule has 0 aliphatic heterocycles. The van der Waals surface area contributed by atoms with Crippen molar-refractivity contribution in [2.24, 2.45) is 0 Å². The summed E-state index contributed by atoms with van der Waals surface area (Å²) in [6.07, 6.45) is 3.53. The Kier molecular flexibility index (Phi) is 10.8. The van der Waals surface area contributed by atoms with Gasteiger partial charge in [-0.05, 0) is 31.7 Å². The molecule has 2 unspecified atom stereocenters. The van der Waals surface area contributed by atoms with Crippen LogP contribution in [0.4, 0.5) is 0 Å². The monoisotopic (exact) mass is 376 g/mol. The Balaban J connectivity index is 2.35. The molecule has 2 N–H and O–H groups in total. The summed E-state index contributed by atoms with van der Waals surface area (Å²) >= 11 is 0. The number of unbranched alkanes of at least 4 members (excludes halogenated alkanes) is 2. The second kappa shape index (κ2) is 12.9. The van der Waals surface area contributed by atoms with Gasteiger partial charge >= 0.3 is 5.97 Å². The predicted octanol–water partition coefficient (Wildman–Crippen LogP) is 3.27. The van der Waals surface area contributed by atoms with Crippen molar-refractivity contribution in [1.29, 1.82) is 0 Å². The Hall–Kier alpha value is -2.37. The SMILES string of the molecule is CCCC(NC(=O)C(C)OC(=O)CCCCCNC(C)=O)c1ccccc1. The summed E-state index contributed by atoms with van der Waals surface area (Å²) < 4.78 is 5.25. The molecule has 0 aliphatic carbocycles. The van der Waals surface area contributed by atoms with E-state index in [0.717, 1.165) is 31.2 Å². The zero-order valence-corrected chi connectivity index (χ0v) is 16.6. The van der Waals surface area contributed by atoms with E-state index in [-0.39, 0.29) is 30.2 Å². The summed E-state index contributed by atoms with van der Waals surface area (Å²) in [4.78, 5) is 35.1. The summed E-state index contributed by atoms with van der Waals surface area (Å²) in [5, 5.41) is 5.69. The molecule has 0 saturated carbocycles. The number of carbonyl (C=O) groups excluding carboxylic acids is 3. The van der Waals surface area contributed by atoms with Gasteiger partial charge in [0, 0.05) is 19.9 Å². The molecule has 0 spiro atoms. The first kappa shape index (κ1) is 22.7. The van der Waals surface area contributed by atoms with E-state index < -0.39 is 6.10 Å². The first-order chi connectivity index (χ1) is 12.9. The minimum Gasteiger partial charge on any atom is -0.453 e. The molecule has 1 aromatic carbocycles. The van der Waals surface area contributed by atoms with Gasteiger partial charge in [0.25, 0.3) is 5.91 Å². The van der Waals surface area contributed by atoms with E-state index in [4.69, 9.17) is 4.74 Å². The maximum Gasteiger partial charge on any atom is 0.306 e. The lowest BCUT2D eigenvalue weighted by Crippen LogP contribution is -2.38. The Bertz CT molecular complexity index is 589. The number of benzene rings is 1. The van der Waals surface area contributed by atoms with Crippen molar-refractivity contribution in [3.63, 3.8) is 0 Å². The number of amides is 2. The van der Waals surface area contributed by atoms with Crippen LogP contribution in [0.15, 0.2) is 30.3 Å². The molecule has 2 amide bonds. The second-order valence-corrected chi connectivity index (χ2v) is 6.69. The van der Waals surface area contributed by atoms with Crippen molar-refractivity contribution in [1.82, 2.24) is 10.6 Å². The van der Waals surface area contributed by atoms with Gasteiger partial charge in [0.05, 0.1) is 6.04 Å². The average molecular weight is 376 g/mol. The number of esters is 1. The number of rotatable bonds is 12. The Labute approximate surface area is 162 Å². The predicted molar refractivity (Wildman–Crippen MR) is 105 cm³/mol. The zero-order chi connectivity index (χ0) is 20.1. The summed E-state index contributed by atoms with van der Waals surface area (Å²) in [6, 6.07) is 9.71. The fourth-order valence-corrected chi connectivity index (χ4v) is 2.73. The number of ether oxygens (including phenoxy) is 1. The van der Waals surface area contributed by atoms with Crippen LogP contribution >= 0.6 is 0 Å². The quantitative estimate of drug-likeness (QED) is 0.433. The molecule has 27 heavy (non-hydrogen) atoms. The third kappa shape index (κ3) is 9.78. The first-order valence-electron chi connectivity index (χ1n) is 9.73. The molecule has 150 valence electrons. The van der Waals surface area contributed by atoms with Gasteiger partial charge in [-0.2, -0.15) is 0 Å². The van der Waals surface area contributed by atoms with Crippen LogP contribution in [0.2, 0.25) is 0 Å². The highest BCUT2D eigenvalue weighted by Gasteiger charge is 2.21. The van der Waals surface area contributed by atoms with Crippen molar-refractivity contribution in [3.8, 4) is 0 Å². The van der Waals surface area contributed by atoms with Gasteiger partial charge in [-0.15, -0.1) is 0 Å². The van der Waals surface area contributed by atoms with Gasteiger partial charge in [-0.1, -0.05) is 50.1 Å². The molecule has 0 aliphatic rings. The van der Waals surface area contributed by atoms with E-state index in [1.54, 1.807) is 6.92 Å². The van der Waals surface area contributed by atoms with Crippen molar-refractivity contribution >= 4 is 17.8 Å². The Morgan fingerprint density at radius 2 is 1.78 bits per heavy atom. The van der Waals surface area contributed by atoms with E-state index in [9.17, 15) is 14.4 Å². The number of nitrogens with one attached hydrogen (secondary N) is 2. The summed E-state index contributed by atoms with van der Waals surface area (Å²) in [6.45, 7) is 5.75.